The molecule has 0 saturated carbocycles. The zero-order valence-electron chi connectivity index (χ0n) is 8.85. The summed E-state index contributed by atoms with van der Waals surface area (Å²) in [5.74, 6) is 0.603. The first kappa shape index (κ1) is 10.4. The van der Waals surface area contributed by atoms with Crippen molar-refractivity contribution < 1.29 is 9.15 Å². The molecule has 1 fully saturated rings. The molecule has 0 aromatic carbocycles. The third-order valence-corrected chi connectivity index (χ3v) is 2.43. The second-order valence-electron chi connectivity index (χ2n) is 3.63. The van der Waals surface area contributed by atoms with Crippen molar-refractivity contribution in [1.82, 2.24) is 10.2 Å². The molecule has 1 aromatic heterocycles. The van der Waals surface area contributed by atoms with Gasteiger partial charge in [0.25, 0.3) is 0 Å². The van der Waals surface area contributed by atoms with Crippen LogP contribution in [-0.2, 0) is 11.2 Å². The van der Waals surface area contributed by atoms with Gasteiger partial charge in [0.15, 0.2) is 0 Å². The van der Waals surface area contributed by atoms with Crippen LogP contribution in [0.3, 0.4) is 0 Å². The topological polar surface area (TPSA) is 77.4 Å². The van der Waals surface area contributed by atoms with Crippen LogP contribution in [0.1, 0.15) is 12.8 Å². The molecular formula is C9H16N4O2. The van der Waals surface area contributed by atoms with Crippen LogP contribution in [0.2, 0.25) is 0 Å². The SMILES string of the molecule is CC1COCCN1c1nnc(CCN)o1. The van der Waals surface area contributed by atoms with E-state index < -0.39 is 0 Å². The molecule has 0 amide bonds. The Balaban J connectivity index is 2.06. The highest BCUT2D eigenvalue weighted by molar-refractivity contribution is 5.26. The molecule has 1 aliphatic rings. The van der Waals surface area contributed by atoms with Gasteiger partial charge >= 0.3 is 6.01 Å². The molecule has 6 nitrogen and oxygen atoms in total. The summed E-state index contributed by atoms with van der Waals surface area (Å²) in [6.45, 7) is 4.81. The van der Waals surface area contributed by atoms with Gasteiger partial charge < -0.3 is 19.8 Å². The molecule has 1 unspecified atom stereocenters. The number of rotatable bonds is 3. The molecule has 84 valence electrons. The largest absolute Gasteiger partial charge is 0.408 e. The molecule has 6 heteroatoms. The maximum Gasteiger partial charge on any atom is 0.318 e. The van der Waals surface area contributed by atoms with E-state index in [4.69, 9.17) is 14.9 Å². The lowest BCUT2D eigenvalue weighted by atomic mass is 10.3. The number of hydrogen-bond donors (Lipinski definition) is 1. The summed E-state index contributed by atoms with van der Waals surface area (Å²) in [5.41, 5.74) is 5.41. The second-order valence-corrected chi connectivity index (χ2v) is 3.63. The van der Waals surface area contributed by atoms with Gasteiger partial charge in [-0.3, -0.25) is 0 Å². The molecule has 0 radical (unpaired) electrons. The van der Waals surface area contributed by atoms with E-state index >= 15 is 0 Å². The van der Waals surface area contributed by atoms with Crippen molar-refractivity contribution >= 4 is 6.01 Å². The second kappa shape index (κ2) is 4.59. The fourth-order valence-corrected chi connectivity index (χ4v) is 1.60. The fourth-order valence-electron chi connectivity index (χ4n) is 1.60. The van der Waals surface area contributed by atoms with Crippen LogP contribution in [0.5, 0.6) is 0 Å². The van der Waals surface area contributed by atoms with E-state index in [0.717, 1.165) is 6.54 Å². The Kier molecular flexibility index (Phi) is 3.17. The molecule has 15 heavy (non-hydrogen) atoms. The lowest BCUT2D eigenvalue weighted by molar-refractivity contribution is 0.0960. The van der Waals surface area contributed by atoms with Crippen molar-refractivity contribution in [3.05, 3.63) is 5.89 Å². The molecule has 0 bridgehead atoms. The van der Waals surface area contributed by atoms with Crippen molar-refractivity contribution in [2.75, 3.05) is 31.2 Å². The van der Waals surface area contributed by atoms with Crippen LogP contribution in [-0.4, -0.2) is 42.5 Å². The van der Waals surface area contributed by atoms with E-state index in [0.29, 0.717) is 38.1 Å². The van der Waals surface area contributed by atoms with Crippen LogP contribution in [0, 0.1) is 0 Å². The third kappa shape index (κ3) is 2.27. The van der Waals surface area contributed by atoms with E-state index in [9.17, 15) is 0 Å². The van der Waals surface area contributed by atoms with Gasteiger partial charge in [-0.1, -0.05) is 5.10 Å². The Morgan fingerprint density at radius 3 is 3.13 bits per heavy atom. The molecule has 1 saturated heterocycles. The van der Waals surface area contributed by atoms with Crippen molar-refractivity contribution in [3.63, 3.8) is 0 Å². The monoisotopic (exact) mass is 212 g/mol. The zero-order chi connectivity index (χ0) is 10.7. The van der Waals surface area contributed by atoms with Crippen LogP contribution in [0.15, 0.2) is 4.42 Å². The standard InChI is InChI=1S/C9H16N4O2/c1-7-6-14-5-4-13(7)9-12-11-8(15-9)2-3-10/h7H,2-6,10H2,1H3. The maximum atomic E-state index is 5.50. The fraction of sp³-hybridized carbons (Fsp3) is 0.778. The van der Waals surface area contributed by atoms with Gasteiger partial charge in [0.1, 0.15) is 0 Å². The summed E-state index contributed by atoms with van der Waals surface area (Å²) in [7, 11) is 0. The first-order valence-corrected chi connectivity index (χ1v) is 5.18. The van der Waals surface area contributed by atoms with Gasteiger partial charge in [-0.05, 0) is 6.92 Å². The van der Waals surface area contributed by atoms with Crippen LogP contribution in [0.25, 0.3) is 0 Å². The number of nitrogens with two attached hydrogens (primary N) is 1. The van der Waals surface area contributed by atoms with E-state index in [1.807, 2.05) is 0 Å². The highest BCUT2D eigenvalue weighted by atomic mass is 16.5. The normalized spacial score (nSPS) is 22.0. The Hall–Kier alpha value is -1.14. The molecule has 0 aliphatic carbocycles. The average Bonchev–Trinajstić information content (AvgIpc) is 2.68. The number of nitrogens with zero attached hydrogens (tertiary/aromatic N) is 3. The van der Waals surface area contributed by atoms with Gasteiger partial charge in [-0.25, -0.2) is 0 Å². The number of anilines is 1. The first-order valence-electron chi connectivity index (χ1n) is 5.18. The third-order valence-electron chi connectivity index (χ3n) is 2.43. The quantitative estimate of drug-likeness (QED) is 0.747. The Labute approximate surface area is 88.4 Å². The summed E-state index contributed by atoms with van der Waals surface area (Å²) in [6, 6.07) is 0.860. The Morgan fingerprint density at radius 1 is 1.53 bits per heavy atom. The van der Waals surface area contributed by atoms with Gasteiger partial charge in [0, 0.05) is 19.5 Å². The van der Waals surface area contributed by atoms with Gasteiger partial charge in [-0.15, -0.1) is 5.10 Å². The summed E-state index contributed by atoms with van der Waals surface area (Å²) >= 11 is 0. The highest BCUT2D eigenvalue weighted by Crippen LogP contribution is 2.17. The maximum absolute atomic E-state index is 5.50. The van der Waals surface area contributed by atoms with Crippen LogP contribution in [0.4, 0.5) is 6.01 Å². The zero-order valence-corrected chi connectivity index (χ0v) is 8.85. The predicted octanol–water partition coefficient (Wildman–Crippen LogP) is -0.204. The minimum absolute atomic E-state index is 0.282. The number of hydrogen-bond acceptors (Lipinski definition) is 6. The number of ether oxygens (including phenoxy) is 1. The molecule has 1 aliphatic heterocycles. The summed E-state index contributed by atoms with van der Waals surface area (Å²) in [5, 5.41) is 7.94. The average molecular weight is 212 g/mol. The van der Waals surface area contributed by atoms with E-state index in [2.05, 4.69) is 22.0 Å². The number of aromatic nitrogens is 2. The lowest BCUT2D eigenvalue weighted by Gasteiger charge is -2.31. The smallest absolute Gasteiger partial charge is 0.318 e. The molecule has 1 aromatic rings. The molecule has 1 atom stereocenters. The van der Waals surface area contributed by atoms with E-state index in [1.54, 1.807) is 0 Å². The van der Waals surface area contributed by atoms with Crippen molar-refractivity contribution in [2.24, 2.45) is 5.73 Å². The van der Waals surface area contributed by atoms with Crippen molar-refractivity contribution in [3.8, 4) is 0 Å². The van der Waals surface area contributed by atoms with Crippen molar-refractivity contribution in [2.45, 2.75) is 19.4 Å². The predicted molar refractivity (Wildman–Crippen MR) is 54.7 cm³/mol. The molecular weight excluding hydrogens is 196 g/mol. The van der Waals surface area contributed by atoms with Crippen LogP contribution >= 0.6 is 0 Å². The Bertz CT molecular complexity index is 315. The van der Waals surface area contributed by atoms with Crippen molar-refractivity contribution in [1.29, 1.82) is 0 Å². The van der Waals surface area contributed by atoms with E-state index in [1.165, 1.54) is 0 Å². The lowest BCUT2D eigenvalue weighted by Crippen LogP contribution is -2.43. The molecule has 2 N–H and O–H groups in total. The molecule has 2 heterocycles. The summed E-state index contributed by atoms with van der Waals surface area (Å²) < 4.78 is 10.8. The van der Waals surface area contributed by atoms with E-state index in [-0.39, 0.29) is 6.04 Å². The molecule has 2 rings (SSSR count). The number of morpholine rings is 1. The van der Waals surface area contributed by atoms with Gasteiger partial charge in [-0.2, -0.15) is 0 Å². The first-order chi connectivity index (χ1) is 7.31. The minimum atomic E-state index is 0.282. The summed E-state index contributed by atoms with van der Waals surface area (Å²) in [6.07, 6.45) is 0.631. The molecule has 0 spiro atoms. The van der Waals surface area contributed by atoms with Gasteiger partial charge in [0.2, 0.25) is 5.89 Å². The van der Waals surface area contributed by atoms with Crippen LogP contribution < -0.4 is 10.6 Å². The van der Waals surface area contributed by atoms with Gasteiger partial charge in [0.05, 0.1) is 19.3 Å². The Morgan fingerprint density at radius 2 is 2.40 bits per heavy atom. The highest BCUT2D eigenvalue weighted by Gasteiger charge is 2.23. The summed E-state index contributed by atoms with van der Waals surface area (Å²) in [4.78, 5) is 2.07. The minimum Gasteiger partial charge on any atom is -0.408 e.